The molecule has 0 radical (unpaired) electrons. The Labute approximate surface area is 172 Å². The van der Waals surface area contributed by atoms with E-state index in [1.165, 1.54) is 12.8 Å². The van der Waals surface area contributed by atoms with Crippen LogP contribution in [0.15, 0.2) is 12.4 Å². The molecule has 0 spiro atoms. The van der Waals surface area contributed by atoms with Crippen LogP contribution in [0.3, 0.4) is 0 Å². The standard InChI is InChI=1S/C22H32N4O3/c1-4-5-8-29-18-10-15-6-7-16(11-18)19(15)25-22(27)20-21-24-14(2)9-17(12-28-3)26(21)13-23-20/h9,13,15-16,18-19H,4-8,10-12H2,1-3H3,(H,25,27)/t15-,16+,18-,19+. The van der Waals surface area contributed by atoms with E-state index < -0.39 is 0 Å². The third kappa shape index (κ3) is 4.16. The number of fused-ring (bicyclic) bond motifs is 3. The number of aromatic nitrogens is 3. The zero-order chi connectivity index (χ0) is 20.4. The number of carbonyl (C=O) groups excluding carboxylic acids is 1. The average Bonchev–Trinajstić information content (AvgIpc) is 3.20. The SMILES string of the molecule is CCCCO[C@@H]1C[C@H]2CC[C@@H](C1)[C@H]2NC(=O)c1ncn2c(COC)cc(C)nc12. The van der Waals surface area contributed by atoms with Gasteiger partial charge in [0.15, 0.2) is 11.3 Å². The highest BCUT2D eigenvalue weighted by Crippen LogP contribution is 2.43. The van der Waals surface area contributed by atoms with E-state index in [2.05, 4.69) is 22.2 Å². The van der Waals surface area contributed by atoms with E-state index in [4.69, 9.17) is 9.47 Å². The number of nitrogens with one attached hydrogen (secondary N) is 1. The van der Waals surface area contributed by atoms with Crippen molar-refractivity contribution >= 4 is 11.6 Å². The number of unbranched alkanes of at least 4 members (excludes halogenated alkanes) is 1. The molecule has 7 nitrogen and oxygen atoms in total. The lowest BCUT2D eigenvalue weighted by atomic mass is 9.82. The minimum atomic E-state index is -0.124. The molecule has 2 saturated carbocycles. The monoisotopic (exact) mass is 400 g/mol. The van der Waals surface area contributed by atoms with Crippen LogP contribution in [0, 0.1) is 18.8 Å². The summed E-state index contributed by atoms with van der Waals surface area (Å²) >= 11 is 0. The van der Waals surface area contributed by atoms with Crippen molar-refractivity contribution in [1.29, 1.82) is 0 Å². The predicted octanol–water partition coefficient (Wildman–Crippen LogP) is 3.29. The lowest BCUT2D eigenvalue weighted by Gasteiger charge is -2.35. The highest BCUT2D eigenvalue weighted by molar-refractivity contribution is 5.98. The molecule has 158 valence electrons. The van der Waals surface area contributed by atoms with Crippen molar-refractivity contribution in [3.8, 4) is 0 Å². The van der Waals surface area contributed by atoms with Gasteiger partial charge in [-0.2, -0.15) is 0 Å². The Balaban J connectivity index is 1.47. The summed E-state index contributed by atoms with van der Waals surface area (Å²) in [4.78, 5) is 22.0. The Morgan fingerprint density at radius 2 is 2.07 bits per heavy atom. The van der Waals surface area contributed by atoms with Crippen LogP contribution in [-0.2, 0) is 16.1 Å². The van der Waals surface area contributed by atoms with Crippen LogP contribution in [-0.4, -0.2) is 46.1 Å². The van der Waals surface area contributed by atoms with Crippen LogP contribution < -0.4 is 5.32 Å². The van der Waals surface area contributed by atoms with E-state index >= 15 is 0 Å². The molecule has 29 heavy (non-hydrogen) atoms. The third-order valence-corrected chi connectivity index (χ3v) is 6.42. The van der Waals surface area contributed by atoms with Gasteiger partial charge in [-0.1, -0.05) is 13.3 Å². The van der Waals surface area contributed by atoms with Crippen molar-refractivity contribution < 1.29 is 14.3 Å². The number of amides is 1. The van der Waals surface area contributed by atoms with E-state index in [0.717, 1.165) is 43.7 Å². The van der Waals surface area contributed by atoms with Gasteiger partial charge in [0.05, 0.1) is 18.4 Å². The highest BCUT2D eigenvalue weighted by atomic mass is 16.5. The first-order valence-corrected chi connectivity index (χ1v) is 10.9. The van der Waals surface area contributed by atoms with Crippen molar-refractivity contribution in [2.24, 2.45) is 11.8 Å². The van der Waals surface area contributed by atoms with Gasteiger partial charge < -0.3 is 14.8 Å². The molecule has 2 aliphatic carbocycles. The molecule has 2 aromatic heterocycles. The van der Waals surface area contributed by atoms with Gasteiger partial charge in [0, 0.05) is 25.5 Å². The number of aryl methyl sites for hydroxylation is 1. The van der Waals surface area contributed by atoms with Gasteiger partial charge in [-0.05, 0) is 56.9 Å². The molecule has 0 unspecified atom stereocenters. The summed E-state index contributed by atoms with van der Waals surface area (Å²) in [7, 11) is 1.66. The fourth-order valence-electron chi connectivity index (χ4n) is 5.05. The molecule has 1 N–H and O–H groups in total. The van der Waals surface area contributed by atoms with E-state index in [0.29, 0.717) is 35.9 Å². The quantitative estimate of drug-likeness (QED) is 0.688. The van der Waals surface area contributed by atoms with E-state index in [1.807, 2.05) is 17.4 Å². The van der Waals surface area contributed by atoms with Gasteiger partial charge in [0.2, 0.25) is 0 Å². The zero-order valence-corrected chi connectivity index (χ0v) is 17.7. The molecule has 1 amide bonds. The summed E-state index contributed by atoms with van der Waals surface area (Å²) in [6.07, 6.45) is 8.73. The molecule has 0 saturated heterocycles. The first kappa shape index (κ1) is 20.3. The Morgan fingerprint density at radius 1 is 1.31 bits per heavy atom. The number of imidazole rings is 1. The topological polar surface area (TPSA) is 77.8 Å². The lowest BCUT2D eigenvalue weighted by Crippen LogP contribution is -2.46. The molecule has 2 aromatic rings. The van der Waals surface area contributed by atoms with Crippen molar-refractivity contribution in [1.82, 2.24) is 19.7 Å². The van der Waals surface area contributed by atoms with Crippen LogP contribution in [0.4, 0.5) is 0 Å². The van der Waals surface area contributed by atoms with Crippen LogP contribution in [0.1, 0.15) is 67.3 Å². The van der Waals surface area contributed by atoms with Gasteiger partial charge >= 0.3 is 0 Å². The van der Waals surface area contributed by atoms with Crippen molar-refractivity contribution in [2.45, 2.75) is 71.1 Å². The fraction of sp³-hybridized carbons (Fsp3) is 0.682. The number of nitrogens with zero attached hydrogens (tertiary/aromatic N) is 3. The molecule has 4 atom stereocenters. The Bertz CT molecular complexity index is 851. The number of hydrogen-bond donors (Lipinski definition) is 1. The number of carbonyl (C=O) groups is 1. The Kier molecular flexibility index (Phi) is 6.15. The van der Waals surface area contributed by atoms with E-state index in [1.54, 1.807) is 13.4 Å². The summed E-state index contributed by atoms with van der Waals surface area (Å²) in [6.45, 7) is 5.41. The summed E-state index contributed by atoms with van der Waals surface area (Å²) in [5.41, 5.74) is 2.78. The number of ether oxygens (including phenoxy) is 2. The Hall–Kier alpha value is -1.99. The average molecular weight is 401 g/mol. The smallest absolute Gasteiger partial charge is 0.274 e. The molecule has 4 rings (SSSR count). The van der Waals surface area contributed by atoms with Crippen LogP contribution in [0.25, 0.3) is 5.65 Å². The minimum Gasteiger partial charge on any atom is -0.378 e. The van der Waals surface area contributed by atoms with Gasteiger partial charge in [-0.25, -0.2) is 9.97 Å². The third-order valence-electron chi connectivity index (χ3n) is 6.42. The first-order chi connectivity index (χ1) is 14.1. The molecule has 2 bridgehead atoms. The normalized spacial score (nSPS) is 26.2. The fourth-order valence-corrected chi connectivity index (χ4v) is 5.05. The first-order valence-electron chi connectivity index (χ1n) is 10.9. The molecular weight excluding hydrogens is 368 g/mol. The second kappa shape index (κ2) is 8.79. The van der Waals surface area contributed by atoms with Gasteiger partial charge in [-0.3, -0.25) is 9.20 Å². The molecule has 0 aromatic carbocycles. The van der Waals surface area contributed by atoms with Crippen LogP contribution >= 0.6 is 0 Å². The van der Waals surface area contributed by atoms with Gasteiger partial charge in [0.1, 0.15) is 6.33 Å². The molecule has 2 aliphatic rings. The molecule has 7 heteroatoms. The summed E-state index contributed by atoms with van der Waals surface area (Å²) < 4.78 is 13.2. The van der Waals surface area contributed by atoms with Crippen LogP contribution in [0.2, 0.25) is 0 Å². The van der Waals surface area contributed by atoms with E-state index in [9.17, 15) is 4.79 Å². The van der Waals surface area contributed by atoms with Crippen LogP contribution in [0.5, 0.6) is 0 Å². The Morgan fingerprint density at radius 3 is 2.76 bits per heavy atom. The number of rotatable bonds is 8. The minimum absolute atomic E-state index is 0.124. The van der Waals surface area contributed by atoms with Crippen molar-refractivity contribution in [2.75, 3.05) is 13.7 Å². The largest absolute Gasteiger partial charge is 0.378 e. The van der Waals surface area contributed by atoms with E-state index in [-0.39, 0.29) is 11.9 Å². The van der Waals surface area contributed by atoms with Gasteiger partial charge in [0.25, 0.3) is 5.91 Å². The maximum absolute atomic E-state index is 13.1. The van der Waals surface area contributed by atoms with Crippen molar-refractivity contribution in [3.63, 3.8) is 0 Å². The molecule has 0 aliphatic heterocycles. The van der Waals surface area contributed by atoms with Crippen molar-refractivity contribution in [3.05, 3.63) is 29.5 Å². The maximum atomic E-state index is 13.1. The predicted molar refractivity (Wildman–Crippen MR) is 110 cm³/mol. The summed E-state index contributed by atoms with van der Waals surface area (Å²) in [5, 5.41) is 3.29. The molecular formula is C22H32N4O3. The maximum Gasteiger partial charge on any atom is 0.274 e. The zero-order valence-electron chi connectivity index (χ0n) is 17.7. The number of methoxy groups -OCH3 is 1. The number of hydrogen-bond acceptors (Lipinski definition) is 5. The lowest BCUT2D eigenvalue weighted by molar-refractivity contribution is -0.00121. The summed E-state index contributed by atoms with van der Waals surface area (Å²) in [5.74, 6) is 0.870. The second-order valence-electron chi connectivity index (χ2n) is 8.52. The van der Waals surface area contributed by atoms with Gasteiger partial charge in [-0.15, -0.1) is 0 Å². The second-order valence-corrected chi connectivity index (χ2v) is 8.52. The highest BCUT2D eigenvalue weighted by Gasteiger charge is 2.44. The molecule has 2 fully saturated rings. The summed E-state index contributed by atoms with van der Waals surface area (Å²) in [6, 6.07) is 2.17. The molecule has 2 heterocycles.